The Morgan fingerprint density at radius 1 is 1.50 bits per heavy atom. The van der Waals surface area contributed by atoms with Crippen LogP contribution in [0.4, 0.5) is 0 Å². The van der Waals surface area contributed by atoms with Gasteiger partial charge in [0.15, 0.2) is 0 Å². The van der Waals surface area contributed by atoms with Gasteiger partial charge in [-0.25, -0.2) is 0 Å². The summed E-state index contributed by atoms with van der Waals surface area (Å²) in [7, 11) is 0. The van der Waals surface area contributed by atoms with E-state index in [2.05, 4.69) is 24.5 Å². The summed E-state index contributed by atoms with van der Waals surface area (Å²) in [5, 5.41) is 6.40. The summed E-state index contributed by atoms with van der Waals surface area (Å²) in [5.41, 5.74) is 1.15. The van der Waals surface area contributed by atoms with Gasteiger partial charge in [-0.15, -0.1) is 11.3 Å². The largest absolute Gasteiger partial charge is 0.379 e. The van der Waals surface area contributed by atoms with Crippen LogP contribution in [0.3, 0.4) is 0 Å². The van der Waals surface area contributed by atoms with Crippen LogP contribution < -0.4 is 5.32 Å². The zero-order valence-corrected chi connectivity index (χ0v) is 11.8. The first-order valence-electron chi connectivity index (χ1n) is 5.75. The summed E-state index contributed by atoms with van der Waals surface area (Å²) < 4.78 is 5.60. The second-order valence-corrected chi connectivity index (χ2v) is 5.07. The Balaban J connectivity index is 2.65. The van der Waals surface area contributed by atoms with Gasteiger partial charge in [-0.3, -0.25) is 0 Å². The van der Waals surface area contributed by atoms with Gasteiger partial charge in [-0.2, -0.15) is 0 Å². The van der Waals surface area contributed by atoms with E-state index in [1.165, 1.54) is 4.88 Å². The topological polar surface area (TPSA) is 21.3 Å². The van der Waals surface area contributed by atoms with Gasteiger partial charge in [0.2, 0.25) is 0 Å². The highest BCUT2D eigenvalue weighted by Crippen LogP contribution is 2.32. The molecule has 0 aliphatic rings. The lowest BCUT2D eigenvalue weighted by Gasteiger charge is -2.17. The summed E-state index contributed by atoms with van der Waals surface area (Å²) in [4.78, 5) is 1.19. The molecule has 0 saturated heterocycles. The first-order valence-corrected chi connectivity index (χ1v) is 7.01. The van der Waals surface area contributed by atoms with Crippen LogP contribution in [0.15, 0.2) is 5.38 Å². The highest BCUT2D eigenvalue weighted by Gasteiger charge is 2.17. The number of rotatable bonds is 7. The highest BCUT2D eigenvalue weighted by atomic mass is 35.5. The van der Waals surface area contributed by atoms with Gasteiger partial charge in [0.25, 0.3) is 0 Å². The number of aryl methyl sites for hydroxylation is 1. The van der Waals surface area contributed by atoms with Crippen molar-refractivity contribution in [3.8, 4) is 0 Å². The molecule has 0 radical (unpaired) electrons. The van der Waals surface area contributed by atoms with Crippen LogP contribution in [-0.4, -0.2) is 19.8 Å². The Morgan fingerprint density at radius 3 is 2.75 bits per heavy atom. The fourth-order valence-corrected chi connectivity index (χ4v) is 2.89. The van der Waals surface area contributed by atoms with Gasteiger partial charge in [0.05, 0.1) is 17.7 Å². The van der Waals surface area contributed by atoms with Crippen molar-refractivity contribution in [1.29, 1.82) is 0 Å². The molecule has 2 nitrogen and oxygen atoms in total. The molecule has 0 bridgehead atoms. The second-order valence-electron chi connectivity index (χ2n) is 3.78. The molecule has 0 spiro atoms. The number of halogens is 1. The number of thiophene rings is 1. The lowest BCUT2D eigenvalue weighted by Crippen LogP contribution is -2.25. The van der Waals surface area contributed by atoms with Crippen molar-refractivity contribution in [3.05, 3.63) is 20.8 Å². The zero-order valence-electron chi connectivity index (χ0n) is 10.2. The molecule has 0 saturated carbocycles. The van der Waals surface area contributed by atoms with Gasteiger partial charge in [0, 0.05) is 11.5 Å². The number of hydrogen-bond acceptors (Lipinski definition) is 3. The van der Waals surface area contributed by atoms with E-state index in [0.29, 0.717) is 6.61 Å². The maximum Gasteiger partial charge on any atom is 0.0670 e. The van der Waals surface area contributed by atoms with E-state index in [-0.39, 0.29) is 6.04 Å². The van der Waals surface area contributed by atoms with Crippen LogP contribution >= 0.6 is 22.9 Å². The molecule has 0 amide bonds. The smallest absolute Gasteiger partial charge is 0.0670 e. The number of ether oxygens (including phenoxy) is 1. The van der Waals surface area contributed by atoms with Crippen LogP contribution in [0.25, 0.3) is 0 Å². The van der Waals surface area contributed by atoms with Gasteiger partial charge in [-0.05, 0) is 30.8 Å². The Hall–Kier alpha value is -0.0900. The standard InChI is InChI=1S/C12H20ClNOS/c1-4-6-15-7-10(14-5-2)12-11(13)9(3)8-16-12/h8,10,14H,4-7H2,1-3H3. The average molecular weight is 262 g/mol. The Bertz CT molecular complexity index is 314. The molecule has 16 heavy (non-hydrogen) atoms. The van der Waals surface area contributed by atoms with E-state index >= 15 is 0 Å². The van der Waals surface area contributed by atoms with Gasteiger partial charge in [-0.1, -0.05) is 25.4 Å². The second kappa shape index (κ2) is 7.28. The van der Waals surface area contributed by atoms with Gasteiger partial charge < -0.3 is 10.1 Å². The highest BCUT2D eigenvalue weighted by molar-refractivity contribution is 7.10. The third kappa shape index (κ3) is 3.74. The van der Waals surface area contributed by atoms with Crippen molar-refractivity contribution in [2.24, 2.45) is 0 Å². The molecule has 4 heteroatoms. The lowest BCUT2D eigenvalue weighted by atomic mass is 10.2. The first-order chi connectivity index (χ1) is 7.70. The Kier molecular flexibility index (Phi) is 6.36. The van der Waals surface area contributed by atoms with E-state index in [1.54, 1.807) is 11.3 Å². The van der Waals surface area contributed by atoms with Crippen molar-refractivity contribution < 1.29 is 4.74 Å². The molecule has 1 atom stereocenters. The Morgan fingerprint density at radius 2 is 2.25 bits per heavy atom. The molecule has 0 aliphatic carbocycles. The number of nitrogens with one attached hydrogen (secondary N) is 1. The predicted molar refractivity (Wildman–Crippen MR) is 71.6 cm³/mol. The molecular formula is C12H20ClNOS. The van der Waals surface area contributed by atoms with E-state index in [0.717, 1.165) is 30.2 Å². The van der Waals surface area contributed by atoms with Crippen molar-refractivity contribution in [1.82, 2.24) is 5.32 Å². The zero-order chi connectivity index (χ0) is 12.0. The monoisotopic (exact) mass is 261 g/mol. The Labute approximate surface area is 107 Å². The minimum absolute atomic E-state index is 0.225. The molecule has 0 aromatic carbocycles. The van der Waals surface area contributed by atoms with Crippen LogP contribution in [-0.2, 0) is 4.74 Å². The van der Waals surface area contributed by atoms with E-state index < -0.39 is 0 Å². The lowest BCUT2D eigenvalue weighted by molar-refractivity contribution is 0.113. The van der Waals surface area contributed by atoms with Crippen LogP contribution in [0.5, 0.6) is 0 Å². The maximum atomic E-state index is 6.27. The third-order valence-electron chi connectivity index (χ3n) is 2.33. The van der Waals surface area contributed by atoms with E-state index in [9.17, 15) is 0 Å². The fourth-order valence-electron chi connectivity index (χ4n) is 1.50. The molecule has 1 aromatic rings. The summed E-state index contributed by atoms with van der Waals surface area (Å²) in [6.45, 7) is 8.68. The average Bonchev–Trinajstić information content (AvgIpc) is 2.59. The summed E-state index contributed by atoms with van der Waals surface area (Å²) in [6, 6.07) is 0.225. The number of hydrogen-bond donors (Lipinski definition) is 1. The minimum atomic E-state index is 0.225. The quantitative estimate of drug-likeness (QED) is 0.754. The number of likely N-dealkylation sites (N-methyl/N-ethyl adjacent to an activating group) is 1. The van der Waals surface area contributed by atoms with Gasteiger partial charge >= 0.3 is 0 Å². The summed E-state index contributed by atoms with van der Waals surface area (Å²) >= 11 is 7.97. The summed E-state index contributed by atoms with van der Waals surface area (Å²) in [6.07, 6.45) is 1.05. The van der Waals surface area contributed by atoms with Crippen molar-refractivity contribution >= 4 is 22.9 Å². The summed E-state index contributed by atoms with van der Waals surface area (Å²) in [5.74, 6) is 0. The minimum Gasteiger partial charge on any atom is -0.379 e. The molecule has 92 valence electrons. The van der Waals surface area contributed by atoms with E-state index in [4.69, 9.17) is 16.3 Å². The van der Waals surface area contributed by atoms with Crippen molar-refractivity contribution in [2.45, 2.75) is 33.2 Å². The van der Waals surface area contributed by atoms with Crippen molar-refractivity contribution in [3.63, 3.8) is 0 Å². The SMILES string of the molecule is CCCOCC(NCC)c1scc(C)c1Cl. The molecule has 1 aromatic heterocycles. The molecule has 1 unspecified atom stereocenters. The predicted octanol–water partition coefficient (Wildman–Crippen LogP) is 3.79. The molecular weight excluding hydrogens is 242 g/mol. The molecule has 1 heterocycles. The molecule has 0 fully saturated rings. The maximum absolute atomic E-state index is 6.27. The first kappa shape index (κ1) is 14.0. The van der Waals surface area contributed by atoms with Crippen LogP contribution in [0, 0.1) is 6.92 Å². The third-order valence-corrected chi connectivity index (χ3v) is 4.15. The molecule has 0 aliphatic heterocycles. The van der Waals surface area contributed by atoms with Crippen LogP contribution in [0.2, 0.25) is 5.02 Å². The fraction of sp³-hybridized carbons (Fsp3) is 0.667. The molecule has 1 N–H and O–H groups in total. The van der Waals surface area contributed by atoms with Gasteiger partial charge in [0.1, 0.15) is 0 Å². The van der Waals surface area contributed by atoms with Crippen LogP contribution in [0.1, 0.15) is 36.8 Å². The van der Waals surface area contributed by atoms with E-state index in [1.807, 2.05) is 6.92 Å². The normalized spacial score (nSPS) is 13.0. The van der Waals surface area contributed by atoms with Crippen molar-refractivity contribution in [2.75, 3.05) is 19.8 Å². The molecule has 1 rings (SSSR count).